The molecule has 132 valence electrons. The Morgan fingerprint density at radius 3 is 2.92 bits per heavy atom. The predicted octanol–water partition coefficient (Wildman–Crippen LogP) is 3.28. The van der Waals surface area contributed by atoms with Gasteiger partial charge in [0.05, 0.1) is 23.4 Å². The number of rotatable bonds is 0. The standard InChI is InChI=1S/C21H26N2O2/c1-19-7-6-14-12-3-5-17-15(11-22-23-17)13(12)2-4-16(14)20(19)8-9-21(19,25)18(24)10-20/h3,5,11,14,16,18,24-25H,2,4,6-10H2,1H3,(H,22,23)/t14-,16-,18-,19+,20?,21+/m1/s1. The summed E-state index contributed by atoms with van der Waals surface area (Å²) in [6, 6.07) is 4.50. The van der Waals surface area contributed by atoms with Crippen molar-refractivity contribution in [3.8, 4) is 0 Å². The second kappa shape index (κ2) is 4.29. The van der Waals surface area contributed by atoms with Gasteiger partial charge >= 0.3 is 0 Å². The number of hydrogen-bond donors (Lipinski definition) is 3. The summed E-state index contributed by atoms with van der Waals surface area (Å²) >= 11 is 0. The quantitative estimate of drug-likeness (QED) is 0.690. The first-order valence-corrected chi connectivity index (χ1v) is 9.85. The Morgan fingerprint density at radius 1 is 1.20 bits per heavy atom. The van der Waals surface area contributed by atoms with Gasteiger partial charge < -0.3 is 10.2 Å². The van der Waals surface area contributed by atoms with Crippen molar-refractivity contribution in [2.75, 3.05) is 0 Å². The fourth-order valence-corrected chi connectivity index (χ4v) is 7.88. The Bertz CT molecular complexity index is 891. The van der Waals surface area contributed by atoms with Gasteiger partial charge in [-0.15, -0.1) is 0 Å². The van der Waals surface area contributed by atoms with Crippen molar-refractivity contribution >= 4 is 10.9 Å². The van der Waals surface area contributed by atoms with Crippen molar-refractivity contribution in [2.24, 2.45) is 16.7 Å². The van der Waals surface area contributed by atoms with Gasteiger partial charge in [-0.1, -0.05) is 13.0 Å². The zero-order valence-electron chi connectivity index (χ0n) is 14.8. The minimum atomic E-state index is -0.854. The van der Waals surface area contributed by atoms with Crippen LogP contribution in [0.4, 0.5) is 0 Å². The van der Waals surface area contributed by atoms with Gasteiger partial charge in [-0.25, -0.2) is 0 Å². The molecule has 6 rings (SSSR count). The summed E-state index contributed by atoms with van der Waals surface area (Å²) in [4.78, 5) is 0. The second-order valence-electron chi connectivity index (χ2n) is 9.39. The molecule has 25 heavy (non-hydrogen) atoms. The molecule has 3 saturated carbocycles. The van der Waals surface area contributed by atoms with Gasteiger partial charge in [0.25, 0.3) is 0 Å². The molecule has 1 heterocycles. The minimum absolute atomic E-state index is 0.113. The second-order valence-corrected chi connectivity index (χ2v) is 9.39. The molecule has 0 amide bonds. The molecule has 1 unspecified atom stereocenters. The molecule has 3 N–H and O–H groups in total. The smallest absolute Gasteiger partial charge is 0.0964 e. The predicted molar refractivity (Wildman–Crippen MR) is 95.2 cm³/mol. The molecule has 0 aliphatic heterocycles. The van der Waals surface area contributed by atoms with Gasteiger partial charge in [0.15, 0.2) is 0 Å². The molecule has 6 atom stereocenters. The lowest BCUT2D eigenvalue weighted by molar-refractivity contribution is -0.129. The zero-order valence-corrected chi connectivity index (χ0v) is 14.8. The van der Waals surface area contributed by atoms with Gasteiger partial charge in [0, 0.05) is 10.8 Å². The maximum Gasteiger partial charge on any atom is 0.0964 e. The van der Waals surface area contributed by atoms with E-state index in [9.17, 15) is 10.2 Å². The molecular weight excluding hydrogens is 312 g/mol. The molecule has 4 aliphatic rings. The lowest BCUT2D eigenvalue weighted by atomic mass is 9.48. The van der Waals surface area contributed by atoms with E-state index < -0.39 is 11.7 Å². The summed E-state index contributed by atoms with van der Waals surface area (Å²) < 4.78 is 0. The largest absolute Gasteiger partial charge is 0.390 e. The number of fused-ring (bicyclic) bond motifs is 5. The number of nitrogens with one attached hydrogen (secondary N) is 1. The van der Waals surface area contributed by atoms with E-state index in [1.807, 2.05) is 6.20 Å². The maximum atomic E-state index is 11.3. The van der Waals surface area contributed by atoms with E-state index in [1.54, 1.807) is 0 Å². The van der Waals surface area contributed by atoms with Crippen LogP contribution in [0.2, 0.25) is 0 Å². The first kappa shape index (κ1) is 14.7. The van der Waals surface area contributed by atoms with Gasteiger partial charge in [0.2, 0.25) is 0 Å². The fraction of sp³-hybridized carbons (Fsp3) is 0.667. The summed E-state index contributed by atoms with van der Waals surface area (Å²) in [6.07, 6.45) is 8.54. The van der Waals surface area contributed by atoms with Crippen molar-refractivity contribution < 1.29 is 10.2 Å². The summed E-state index contributed by atoms with van der Waals surface area (Å²) in [6.45, 7) is 2.28. The first-order chi connectivity index (χ1) is 12.0. The molecule has 0 radical (unpaired) electrons. The van der Waals surface area contributed by atoms with Crippen LogP contribution in [0.15, 0.2) is 18.3 Å². The third-order valence-corrected chi connectivity index (χ3v) is 9.14. The average Bonchev–Trinajstić information content (AvgIpc) is 3.22. The van der Waals surface area contributed by atoms with Crippen molar-refractivity contribution in [3.63, 3.8) is 0 Å². The molecule has 0 saturated heterocycles. The Labute approximate surface area is 147 Å². The molecule has 3 fully saturated rings. The van der Waals surface area contributed by atoms with Gasteiger partial charge in [-0.05, 0) is 79.4 Å². The molecule has 4 heteroatoms. The van der Waals surface area contributed by atoms with Gasteiger partial charge in [-0.3, -0.25) is 5.10 Å². The Hall–Kier alpha value is -1.39. The summed E-state index contributed by atoms with van der Waals surface area (Å²) in [5, 5.41) is 30.6. The van der Waals surface area contributed by atoms with E-state index in [2.05, 4.69) is 29.3 Å². The summed E-state index contributed by atoms with van der Waals surface area (Å²) in [5.74, 6) is 1.16. The van der Waals surface area contributed by atoms with Crippen LogP contribution in [0.1, 0.15) is 62.5 Å². The molecule has 1 aromatic carbocycles. The van der Waals surface area contributed by atoms with Crippen molar-refractivity contribution in [2.45, 2.75) is 69.5 Å². The number of benzene rings is 1. The first-order valence-electron chi connectivity index (χ1n) is 9.85. The number of H-pyrrole nitrogens is 1. The van der Waals surface area contributed by atoms with Crippen molar-refractivity contribution in [1.29, 1.82) is 0 Å². The van der Waals surface area contributed by atoms with Crippen LogP contribution in [0.5, 0.6) is 0 Å². The van der Waals surface area contributed by atoms with E-state index in [1.165, 1.54) is 22.9 Å². The van der Waals surface area contributed by atoms with Crippen LogP contribution in [0.3, 0.4) is 0 Å². The third-order valence-electron chi connectivity index (χ3n) is 9.14. The topological polar surface area (TPSA) is 69.1 Å². The minimum Gasteiger partial charge on any atom is -0.390 e. The number of hydrogen-bond acceptors (Lipinski definition) is 3. The Balaban J connectivity index is 1.51. The van der Waals surface area contributed by atoms with E-state index in [-0.39, 0.29) is 10.8 Å². The lowest BCUT2D eigenvalue weighted by Gasteiger charge is -2.56. The normalized spacial score (nSPS) is 47.6. The zero-order chi connectivity index (χ0) is 17.0. The highest BCUT2D eigenvalue weighted by atomic mass is 16.3. The highest BCUT2D eigenvalue weighted by Crippen LogP contribution is 2.77. The third kappa shape index (κ3) is 1.41. The van der Waals surface area contributed by atoms with Gasteiger partial charge in [-0.2, -0.15) is 5.10 Å². The number of nitrogens with zero attached hydrogens (tertiary/aromatic N) is 1. The molecular formula is C21H26N2O2. The van der Waals surface area contributed by atoms with E-state index in [4.69, 9.17) is 0 Å². The molecule has 0 spiro atoms. The van der Waals surface area contributed by atoms with Crippen LogP contribution in [0.25, 0.3) is 10.9 Å². The highest BCUT2D eigenvalue weighted by molar-refractivity contribution is 5.83. The number of aryl methyl sites for hydroxylation is 1. The molecule has 4 aliphatic carbocycles. The van der Waals surface area contributed by atoms with Crippen LogP contribution in [0, 0.1) is 16.7 Å². The maximum absolute atomic E-state index is 11.3. The SMILES string of the molecule is C[C@]12CC[C@@H]3c4ccc5[nH]ncc5c4CC[C@H]3C13CC[C@]2(O)[C@H](O)C3. The van der Waals surface area contributed by atoms with Crippen LogP contribution < -0.4 is 0 Å². The fourth-order valence-electron chi connectivity index (χ4n) is 7.88. The van der Waals surface area contributed by atoms with Crippen molar-refractivity contribution in [1.82, 2.24) is 10.2 Å². The number of aromatic nitrogens is 2. The molecule has 2 aromatic rings. The monoisotopic (exact) mass is 338 g/mol. The summed E-state index contributed by atoms with van der Waals surface area (Å²) in [5.41, 5.74) is 3.29. The lowest BCUT2D eigenvalue weighted by Crippen LogP contribution is -2.53. The van der Waals surface area contributed by atoms with Crippen LogP contribution in [-0.4, -0.2) is 32.1 Å². The number of aromatic amines is 1. The Morgan fingerprint density at radius 2 is 2.08 bits per heavy atom. The summed E-state index contributed by atoms with van der Waals surface area (Å²) in [7, 11) is 0. The Kier molecular flexibility index (Phi) is 2.53. The van der Waals surface area contributed by atoms with E-state index in [0.29, 0.717) is 11.8 Å². The molecule has 1 aromatic heterocycles. The average molecular weight is 338 g/mol. The van der Waals surface area contributed by atoms with E-state index >= 15 is 0 Å². The highest BCUT2D eigenvalue weighted by Gasteiger charge is 2.76. The number of aliphatic hydroxyl groups excluding tert-OH is 1. The molecule has 2 bridgehead atoms. The van der Waals surface area contributed by atoms with Crippen LogP contribution in [-0.2, 0) is 6.42 Å². The molecule has 4 nitrogen and oxygen atoms in total. The van der Waals surface area contributed by atoms with Crippen LogP contribution >= 0.6 is 0 Å². The van der Waals surface area contributed by atoms with Crippen molar-refractivity contribution in [3.05, 3.63) is 29.5 Å². The van der Waals surface area contributed by atoms with E-state index in [0.717, 1.165) is 44.0 Å². The number of aliphatic hydroxyl groups is 2. The van der Waals surface area contributed by atoms with Gasteiger partial charge in [0.1, 0.15) is 0 Å².